The molecule has 0 aliphatic heterocycles. The summed E-state index contributed by atoms with van der Waals surface area (Å²) in [6.07, 6.45) is 3.78. The molecular formula is C16H22O6. The van der Waals surface area contributed by atoms with Gasteiger partial charge >= 0.3 is 6.16 Å². The molecular weight excluding hydrogens is 288 g/mol. The van der Waals surface area contributed by atoms with Crippen molar-refractivity contribution >= 4 is 6.16 Å². The number of benzene rings is 1. The van der Waals surface area contributed by atoms with E-state index in [1.807, 2.05) is 18.2 Å². The number of rotatable bonds is 8. The standard InChI is InChI=1S/C16H22O6/c1-19-15(18)22-11-5-4-10-16(20-2,21-3)12-13-6-8-14(17)9-7-13/h4-9,17H,10-12H2,1-3H3/b5-4+. The van der Waals surface area contributed by atoms with Crippen molar-refractivity contribution in [2.24, 2.45) is 0 Å². The predicted octanol–water partition coefficient (Wildman–Crippen LogP) is 2.65. The Kier molecular flexibility index (Phi) is 7.42. The summed E-state index contributed by atoms with van der Waals surface area (Å²) in [5, 5.41) is 9.31. The second kappa shape index (κ2) is 9.07. The van der Waals surface area contributed by atoms with Gasteiger partial charge in [-0.15, -0.1) is 0 Å². The second-order valence-electron chi connectivity index (χ2n) is 4.60. The van der Waals surface area contributed by atoms with Gasteiger partial charge in [0.15, 0.2) is 5.79 Å². The average Bonchev–Trinajstić information content (AvgIpc) is 2.55. The van der Waals surface area contributed by atoms with E-state index in [1.54, 1.807) is 32.4 Å². The Labute approximate surface area is 130 Å². The zero-order chi connectivity index (χ0) is 16.4. The highest BCUT2D eigenvalue weighted by molar-refractivity contribution is 5.59. The summed E-state index contributed by atoms with van der Waals surface area (Å²) in [5.41, 5.74) is 0.973. The molecule has 0 amide bonds. The van der Waals surface area contributed by atoms with Crippen LogP contribution in [0.2, 0.25) is 0 Å². The number of phenols is 1. The zero-order valence-electron chi connectivity index (χ0n) is 13.1. The van der Waals surface area contributed by atoms with E-state index in [2.05, 4.69) is 4.74 Å². The molecule has 0 aliphatic carbocycles. The van der Waals surface area contributed by atoms with Crippen LogP contribution in [-0.2, 0) is 25.4 Å². The third-order valence-electron chi connectivity index (χ3n) is 3.21. The van der Waals surface area contributed by atoms with Gasteiger partial charge < -0.3 is 24.1 Å². The quantitative estimate of drug-likeness (QED) is 0.452. The summed E-state index contributed by atoms with van der Waals surface area (Å²) >= 11 is 0. The summed E-state index contributed by atoms with van der Waals surface area (Å²) in [4.78, 5) is 10.8. The third kappa shape index (κ3) is 5.75. The van der Waals surface area contributed by atoms with Crippen LogP contribution in [0.5, 0.6) is 5.75 Å². The maximum atomic E-state index is 10.8. The first-order valence-corrected chi connectivity index (χ1v) is 6.79. The molecule has 0 saturated heterocycles. The fraction of sp³-hybridized carbons (Fsp3) is 0.438. The van der Waals surface area contributed by atoms with E-state index >= 15 is 0 Å². The Morgan fingerprint density at radius 2 is 1.77 bits per heavy atom. The van der Waals surface area contributed by atoms with Crippen LogP contribution >= 0.6 is 0 Å². The molecule has 0 aromatic heterocycles. The number of phenolic OH excluding ortho intramolecular Hbond substituents is 1. The van der Waals surface area contributed by atoms with Gasteiger partial charge in [0.1, 0.15) is 12.4 Å². The molecule has 6 nitrogen and oxygen atoms in total. The van der Waals surface area contributed by atoms with Crippen molar-refractivity contribution in [2.45, 2.75) is 18.6 Å². The summed E-state index contributed by atoms with van der Waals surface area (Å²) < 4.78 is 20.1. The lowest BCUT2D eigenvalue weighted by molar-refractivity contribution is -0.202. The Bertz CT molecular complexity index is 476. The average molecular weight is 310 g/mol. The van der Waals surface area contributed by atoms with Gasteiger partial charge in [-0.25, -0.2) is 4.79 Å². The maximum Gasteiger partial charge on any atom is 0.508 e. The van der Waals surface area contributed by atoms with Crippen LogP contribution in [0, 0.1) is 0 Å². The molecule has 1 rings (SSSR count). The van der Waals surface area contributed by atoms with Crippen LogP contribution < -0.4 is 0 Å². The largest absolute Gasteiger partial charge is 0.508 e. The molecule has 0 bridgehead atoms. The van der Waals surface area contributed by atoms with E-state index in [4.69, 9.17) is 14.2 Å². The molecule has 0 atom stereocenters. The van der Waals surface area contributed by atoms with Crippen LogP contribution in [0.15, 0.2) is 36.4 Å². The number of ether oxygens (including phenoxy) is 4. The monoisotopic (exact) mass is 310 g/mol. The van der Waals surface area contributed by atoms with Crippen molar-refractivity contribution in [3.63, 3.8) is 0 Å². The minimum Gasteiger partial charge on any atom is -0.508 e. The minimum absolute atomic E-state index is 0.120. The fourth-order valence-electron chi connectivity index (χ4n) is 1.90. The molecule has 1 aromatic rings. The molecule has 0 heterocycles. The van der Waals surface area contributed by atoms with Gasteiger partial charge in [0.25, 0.3) is 0 Å². The Morgan fingerprint density at radius 3 is 2.32 bits per heavy atom. The smallest absolute Gasteiger partial charge is 0.508 e. The van der Waals surface area contributed by atoms with E-state index in [0.29, 0.717) is 12.8 Å². The number of carbonyl (C=O) groups is 1. The van der Waals surface area contributed by atoms with Crippen LogP contribution in [0.1, 0.15) is 12.0 Å². The fourth-order valence-corrected chi connectivity index (χ4v) is 1.90. The molecule has 0 saturated carbocycles. The van der Waals surface area contributed by atoms with Crippen molar-refractivity contribution in [3.05, 3.63) is 42.0 Å². The SMILES string of the molecule is COC(=O)OC/C=C/CC(Cc1ccc(O)cc1)(OC)OC. The molecule has 122 valence electrons. The van der Waals surface area contributed by atoms with Crippen molar-refractivity contribution in [2.75, 3.05) is 27.9 Å². The van der Waals surface area contributed by atoms with E-state index in [0.717, 1.165) is 5.56 Å². The highest BCUT2D eigenvalue weighted by atomic mass is 16.7. The second-order valence-corrected chi connectivity index (χ2v) is 4.60. The maximum absolute atomic E-state index is 10.8. The van der Waals surface area contributed by atoms with Crippen LogP contribution in [0.3, 0.4) is 0 Å². The van der Waals surface area contributed by atoms with Crippen LogP contribution in [0.25, 0.3) is 0 Å². The van der Waals surface area contributed by atoms with Crippen LogP contribution in [-0.4, -0.2) is 45.0 Å². The lowest BCUT2D eigenvalue weighted by Crippen LogP contribution is -2.35. The Balaban J connectivity index is 2.60. The summed E-state index contributed by atoms with van der Waals surface area (Å²) in [6.45, 7) is 0.120. The topological polar surface area (TPSA) is 74.2 Å². The van der Waals surface area contributed by atoms with Crippen molar-refractivity contribution < 1.29 is 28.8 Å². The Morgan fingerprint density at radius 1 is 1.14 bits per heavy atom. The van der Waals surface area contributed by atoms with E-state index < -0.39 is 11.9 Å². The Hall–Kier alpha value is -2.05. The summed E-state index contributed by atoms with van der Waals surface area (Å²) in [7, 11) is 4.40. The molecule has 0 spiro atoms. The number of carbonyl (C=O) groups excluding carboxylic acids is 1. The predicted molar refractivity (Wildman–Crippen MR) is 80.7 cm³/mol. The normalized spacial score (nSPS) is 11.6. The van der Waals surface area contributed by atoms with Gasteiger partial charge in [0.05, 0.1) is 7.11 Å². The molecule has 0 unspecified atom stereocenters. The van der Waals surface area contributed by atoms with Crippen molar-refractivity contribution in [1.29, 1.82) is 0 Å². The van der Waals surface area contributed by atoms with Crippen molar-refractivity contribution in [1.82, 2.24) is 0 Å². The number of aromatic hydroxyl groups is 1. The minimum atomic E-state index is -0.821. The molecule has 22 heavy (non-hydrogen) atoms. The summed E-state index contributed by atoms with van der Waals surface area (Å²) in [6, 6.07) is 6.86. The lowest BCUT2D eigenvalue weighted by Gasteiger charge is -2.30. The van der Waals surface area contributed by atoms with Crippen LogP contribution in [0.4, 0.5) is 4.79 Å². The van der Waals surface area contributed by atoms with Gasteiger partial charge in [-0.3, -0.25) is 0 Å². The highest BCUT2D eigenvalue weighted by Crippen LogP contribution is 2.24. The van der Waals surface area contributed by atoms with E-state index in [9.17, 15) is 9.90 Å². The molecule has 0 radical (unpaired) electrons. The van der Waals surface area contributed by atoms with Crippen molar-refractivity contribution in [3.8, 4) is 5.75 Å². The molecule has 6 heteroatoms. The van der Waals surface area contributed by atoms with E-state index in [1.165, 1.54) is 7.11 Å². The first kappa shape index (κ1) is 18.0. The first-order valence-electron chi connectivity index (χ1n) is 6.79. The van der Waals surface area contributed by atoms with Gasteiger partial charge in [0, 0.05) is 27.1 Å². The van der Waals surface area contributed by atoms with E-state index in [-0.39, 0.29) is 12.4 Å². The number of hydrogen-bond donors (Lipinski definition) is 1. The number of hydrogen-bond acceptors (Lipinski definition) is 6. The molecule has 0 aliphatic rings. The zero-order valence-corrected chi connectivity index (χ0v) is 13.1. The summed E-state index contributed by atoms with van der Waals surface area (Å²) in [5.74, 6) is -0.609. The van der Waals surface area contributed by atoms with Gasteiger partial charge in [-0.05, 0) is 17.7 Å². The van der Waals surface area contributed by atoms with Gasteiger partial charge in [-0.1, -0.05) is 24.3 Å². The number of methoxy groups -OCH3 is 3. The molecule has 0 fully saturated rings. The molecule has 1 N–H and O–H groups in total. The first-order chi connectivity index (χ1) is 10.5. The lowest BCUT2D eigenvalue weighted by atomic mass is 10.0. The highest BCUT2D eigenvalue weighted by Gasteiger charge is 2.28. The molecule has 1 aromatic carbocycles. The third-order valence-corrected chi connectivity index (χ3v) is 3.21. The van der Waals surface area contributed by atoms with Gasteiger partial charge in [0.2, 0.25) is 0 Å². The van der Waals surface area contributed by atoms with Gasteiger partial charge in [-0.2, -0.15) is 0 Å².